The minimum absolute atomic E-state index is 0.000695. The molecule has 0 radical (unpaired) electrons. The molecule has 2 N–H and O–H groups in total. The number of hydrogen-bond acceptors (Lipinski definition) is 4. The van der Waals surface area contributed by atoms with Gasteiger partial charge in [-0.1, -0.05) is 6.07 Å². The van der Waals surface area contributed by atoms with Crippen LogP contribution in [0.15, 0.2) is 18.2 Å². The fraction of sp³-hybridized carbons (Fsp3) is 0.688. The van der Waals surface area contributed by atoms with Gasteiger partial charge < -0.3 is 15.2 Å². The molecule has 1 aromatic heterocycles. The van der Waals surface area contributed by atoms with Crippen molar-refractivity contribution >= 4 is 0 Å². The first kappa shape index (κ1) is 15.4. The first-order valence-electron chi connectivity index (χ1n) is 7.43. The molecule has 0 spiro atoms. The third kappa shape index (κ3) is 4.54. The Balaban J connectivity index is 2.01. The van der Waals surface area contributed by atoms with E-state index in [0.717, 1.165) is 37.4 Å². The van der Waals surface area contributed by atoms with E-state index in [4.69, 9.17) is 4.74 Å². The smallest absolute Gasteiger partial charge is 0.108 e. The van der Waals surface area contributed by atoms with E-state index in [0.29, 0.717) is 12.5 Å². The zero-order chi connectivity index (χ0) is 14.6. The van der Waals surface area contributed by atoms with Crippen LogP contribution in [0, 0.1) is 0 Å². The molecule has 1 aliphatic rings. The highest BCUT2D eigenvalue weighted by Gasteiger charge is 2.19. The van der Waals surface area contributed by atoms with Gasteiger partial charge in [0.15, 0.2) is 0 Å². The number of aromatic nitrogens is 1. The second kappa shape index (κ2) is 6.66. The highest BCUT2D eigenvalue weighted by molar-refractivity contribution is 5.17. The Morgan fingerprint density at radius 3 is 2.70 bits per heavy atom. The highest BCUT2D eigenvalue weighted by Crippen LogP contribution is 2.26. The first-order valence-corrected chi connectivity index (χ1v) is 7.43. The van der Waals surface area contributed by atoms with E-state index < -0.39 is 6.10 Å². The fourth-order valence-corrected chi connectivity index (χ4v) is 2.38. The Kier molecular flexibility index (Phi) is 5.13. The number of aliphatic hydroxyl groups is 1. The number of ether oxygens (including phenoxy) is 1. The second-order valence-electron chi connectivity index (χ2n) is 6.52. The Labute approximate surface area is 121 Å². The number of nitrogens with zero attached hydrogens (tertiary/aromatic N) is 1. The summed E-state index contributed by atoms with van der Waals surface area (Å²) in [7, 11) is 0. The zero-order valence-corrected chi connectivity index (χ0v) is 12.7. The van der Waals surface area contributed by atoms with Crippen LogP contribution in [0.3, 0.4) is 0 Å². The molecule has 0 bridgehead atoms. The summed E-state index contributed by atoms with van der Waals surface area (Å²) in [5, 5.41) is 13.6. The van der Waals surface area contributed by atoms with Crippen LogP contribution in [0.5, 0.6) is 0 Å². The van der Waals surface area contributed by atoms with Gasteiger partial charge in [0, 0.05) is 36.9 Å². The van der Waals surface area contributed by atoms with Crippen molar-refractivity contribution in [2.24, 2.45) is 0 Å². The largest absolute Gasteiger partial charge is 0.385 e. The molecule has 0 amide bonds. The Morgan fingerprint density at radius 1 is 1.35 bits per heavy atom. The molecule has 1 aliphatic heterocycles. The number of pyridine rings is 1. The summed E-state index contributed by atoms with van der Waals surface area (Å²) < 4.78 is 5.39. The Bertz CT molecular complexity index is 423. The van der Waals surface area contributed by atoms with E-state index in [1.165, 1.54) is 0 Å². The number of nitrogens with one attached hydrogen (secondary N) is 1. The number of hydrogen-bond donors (Lipinski definition) is 2. The molecule has 2 rings (SSSR count). The molecule has 0 aliphatic carbocycles. The highest BCUT2D eigenvalue weighted by atomic mass is 16.5. The average molecular weight is 278 g/mol. The Morgan fingerprint density at radius 2 is 2.05 bits per heavy atom. The topological polar surface area (TPSA) is 54.4 Å². The fourth-order valence-electron chi connectivity index (χ4n) is 2.38. The molecule has 4 nitrogen and oxygen atoms in total. The number of aliphatic hydroxyl groups excluding tert-OH is 1. The minimum Gasteiger partial charge on any atom is -0.385 e. The predicted molar refractivity (Wildman–Crippen MR) is 79.7 cm³/mol. The van der Waals surface area contributed by atoms with E-state index in [1.807, 2.05) is 12.1 Å². The molecule has 1 atom stereocenters. The third-order valence-corrected chi connectivity index (χ3v) is 3.60. The van der Waals surface area contributed by atoms with Gasteiger partial charge in [0.2, 0.25) is 0 Å². The maximum absolute atomic E-state index is 10.3. The maximum Gasteiger partial charge on any atom is 0.108 e. The van der Waals surface area contributed by atoms with Gasteiger partial charge in [0.25, 0.3) is 0 Å². The lowest BCUT2D eigenvalue weighted by molar-refractivity contribution is 0.0842. The summed E-state index contributed by atoms with van der Waals surface area (Å²) in [6, 6.07) is 5.95. The molecule has 20 heavy (non-hydrogen) atoms. The zero-order valence-electron chi connectivity index (χ0n) is 12.7. The standard InChI is InChI=1S/C16H26N2O2/c1-16(2,3)17-11-15(19)14-6-4-5-13(18-14)12-7-9-20-10-8-12/h4-6,12,15,17,19H,7-11H2,1-3H3/t15-/m0/s1. The van der Waals surface area contributed by atoms with Crippen molar-refractivity contribution < 1.29 is 9.84 Å². The normalized spacial score (nSPS) is 19.0. The van der Waals surface area contributed by atoms with Crippen LogP contribution in [0.25, 0.3) is 0 Å². The molecule has 1 saturated heterocycles. The summed E-state index contributed by atoms with van der Waals surface area (Å²) in [4.78, 5) is 4.65. The van der Waals surface area contributed by atoms with E-state index in [9.17, 15) is 5.11 Å². The third-order valence-electron chi connectivity index (χ3n) is 3.60. The van der Waals surface area contributed by atoms with Gasteiger partial charge in [-0.2, -0.15) is 0 Å². The summed E-state index contributed by atoms with van der Waals surface area (Å²) in [6.07, 6.45) is 1.48. The van der Waals surface area contributed by atoms with E-state index >= 15 is 0 Å². The molecule has 0 unspecified atom stereocenters. The monoisotopic (exact) mass is 278 g/mol. The van der Waals surface area contributed by atoms with Crippen molar-refractivity contribution in [2.45, 2.75) is 51.2 Å². The van der Waals surface area contributed by atoms with Gasteiger partial charge >= 0.3 is 0 Å². The first-order chi connectivity index (χ1) is 9.46. The van der Waals surface area contributed by atoms with Gasteiger partial charge in [-0.25, -0.2) is 0 Å². The molecule has 4 heteroatoms. The number of β-amino-alcohol motifs (C(OH)–C–C–N with tert-alkyl or cyclic N) is 1. The lowest BCUT2D eigenvalue weighted by Gasteiger charge is -2.24. The van der Waals surface area contributed by atoms with E-state index in [1.54, 1.807) is 0 Å². The van der Waals surface area contributed by atoms with Crippen LogP contribution in [-0.2, 0) is 4.74 Å². The van der Waals surface area contributed by atoms with Crippen molar-refractivity contribution in [1.82, 2.24) is 10.3 Å². The molecule has 1 fully saturated rings. The van der Waals surface area contributed by atoms with Gasteiger partial charge in [-0.05, 0) is 45.7 Å². The van der Waals surface area contributed by atoms with Crippen LogP contribution in [0.1, 0.15) is 57.0 Å². The molecule has 0 saturated carbocycles. The molecule has 112 valence electrons. The quantitative estimate of drug-likeness (QED) is 0.888. The predicted octanol–water partition coefficient (Wildman–Crippen LogP) is 2.40. The number of rotatable bonds is 4. The van der Waals surface area contributed by atoms with Crippen molar-refractivity contribution in [3.05, 3.63) is 29.6 Å². The van der Waals surface area contributed by atoms with Gasteiger partial charge in [0.1, 0.15) is 6.10 Å². The SMILES string of the molecule is CC(C)(C)NC[C@H](O)c1cccc(C2CCOCC2)n1. The average Bonchev–Trinajstić information content (AvgIpc) is 2.45. The molecule has 2 heterocycles. The van der Waals surface area contributed by atoms with Crippen LogP contribution in [0.4, 0.5) is 0 Å². The van der Waals surface area contributed by atoms with E-state index in [2.05, 4.69) is 37.1 Å². The molecule has 1 aromatic rings. The maximum atomic E-state index is 10.3. The van der Waals surface area contributed by atoms with Crippen LogP contribution in [-0.4, -0.2) is 35.4 Å². The van der Waals surface area contributed by atoms with Crippen molar-refractivity contribution in [1.29, 1.82) is 0 Å². The van der Waals surface area contributed by atoms with Crippen LogP contribution in [0.2, 0.25) is 0 Å². The van der Waals surface area contributed by atoms with Crippen LogP contribution >= 0.6 is 0 Å². The summed E-state index contributed by atoms with van der Waals surface area (Å²) in [5.41, 5.74) is 1.84. The molecular weight excluding hydrogens is 252 g/mol. The van der Waals surface area contributed by atoms with E-state index in [-0.39, 0.29) is 5.54 Å². The van der Waals surface area contributed by atoms with Gasteiger partial charge in [-0.15, -0.1) is 0 Å². The lowest BCUT2D eigenvalue weighted by Crippen LogP contribution is -2.38. The lowest BCUT2D eigenvalue weighted by atomic mass is 9.95. The van der Waals surface area contributed by atoms with Crippen molar-refractivity contribution in [2.75, 3.05) is 19.8 Å². The summed E-state index contributed by atoms with van der Waals surface area (Å²) >= 11 is 0. The molecule has 0 aromatic carbocycles. The Hall–Kier alpha value is -0.970. The minimum atomic E-state index is -0.561. The van der Waals surface area contributed by atoms with Crippen molar-refractivity contribution in [3.8, 4) is 0 Å². The van der Waals surface area contributed by atoms with Gasteiger partial charge in [0.05, 0.1) is 5.69 Å². The summed E-state index contributed by atoms with van der Waals surface area (Å²) in [5.74, 6) is 0.464. The second-order valence-corrected chi connectivity index (χ2v) is 6.52. The van der Waals surface area contributed by atoms with Crippen molar-refractivity contribution in [3.63, 3.8) is 0 Å². The molecular formula is C16H26N2O2. The van der Waals surface area contributed by atoms with Gasteiger partial charge in [-0.3, -0.25) is 4.98 Å². The summed E-state index contributed by atoms with van der Waals surface area (Å²) in [6.45, 7) is 8.41. The van der Waals surface area contributed by atoms with Crippen LogP contribution < -0.4 is 5.32 Å².